The van der Waals surface area contributed by atoms with Crippen molar-refractivity contribution in [3.63, 3.8) is 0 Å². The topological polar surface area (TPSA) is 33.3 Å². The third-order valence-corrected chi connectivity index (χ3v) is 3.57. The number of nitrogens with one attached hydrogen (secondary N) is 2. The molecule has 0 spiro atoms. The van der Waals surface area contributed by atoms with Crippen molar-refractivity contribution in [2.75, 3.05) is 31.6 Å². The molecule has 94 valence electrons. The number of hydrogen-bond acceptors (Lipinski definition) is 3. The zero-order chi connectivity index (χ0) is 12.1. The minimum absolute atomic E-state index is 0.348. The second-order valence-corrected chi connectivity index (χ2v) is 5.25. The summed E-state index contributed by atoms with van der Waals surface area (Å²) in [4.78, 5) is 0. The Kier molecular flexibility index (Phi) is 4.83. The first-order valence-corrected chi connectivity index (χ1v) is 6.87. The van der Waals surface area contributed by atoms with E-state index in [1.807, 2.05) is 0 Å². The highest BCUT2D eigenvalue weighted by Crippen LogP contribution is 2.23. The van der Waals surface area contributed by atoms with Crippen molar-refractivity contribution in [3.8, 4) is 0 Å². The summed E-state index contributed by atoms with van der Waals surface area (Å²) in [6, 6.07) is 6.35. The van der Waals surface area contributed by atoms with Crippen LogP contribution in [-0.2, 0) is 4.74 Å². The SMILES string of the molecule is Cc1ccc(NCCC2CNCCO2)c(Br)c1. The lowest BCUT2D eigenvalue weighted by atomic mass is 10.2. The minimum Gasteiger partial charge on any atom is -0.384 e. The zero-order valence-corrected chi connectivity index (χ0v) is 11.7. The molecule has 1 heterocycles. The van der Waals surface area contributed by atoms with Gasteiger partial charge in [0.25, 0.3) is 0 Å². The Balaban J connectivity index is 1.77. The van der Waals surface area contributed by atoms with Crippen molar-refractivity contribution in [3.05, 3.63) is 28.2 Å². The number of anilines is 1. The molecule has 0 amide bonds. The van der Waals surface area contributed by atoms with E-state index in [9.17, 15) is 0 Å². The molecular weight excluding hydrogens is 280 g/mol. The number of benzene rings is 1. The molecule has 1 saturated heterocycles. The monoisotopic (exact) mass is 298 g/mol. The first kappa shape index (κ1) is 12.9. The fraction of sp³-hybridized carbons (Fsp3) is 0.538. The van der Waals surface area contributed by atoms with Crippen LogP contribution in [0.2, 0.25) is 0 Å². The van der Waals surface area contributed by atoms with Gasteiger partial charge in [0.2, 0.25) is 0 Å². The number of morpholine rings is 1. The van der Waals surface area contributed by atoms with Crippen molar-refractivity contribution in [2.24, 2.45) is 0 Å². The number of hydrogen-bond donors (Lipinski definition) is 2. The largest absolute Gasteiger partial charge is 0.384 e. The van der Waals surface area contributed by atoms with Gasteiger partial charge in [0, 0.05) is 29.8 Å². The highest BCUT2D eigenvalue weighted by atomic mass is 79.9. The van der Waals surface area contributed by atoms with Gasteiger partial charge in [-0.2, -0.15) is 0 Å². The van der Waals surface area contributed by atoms with E-state index in [-0.39, 0.29) is 0 Å². The van der Waals surface area contributed by atoms with Gasteiger partial charge in [-0.1, -0.05) is 6.07 Å². The summed E-state index contributed by atoms with van der Waals surface area (Å²) in [6.07, 6.45) is 1.38. The molecule has 1 aromatic rings. The molecule has 1 atom stereocenters. The van der Waals surface area contributed by atoms with Crippen molar-refractivity contribution in [1.82, 2.24) is 5.32 Å². The van der Waals surface area contributed by atoms with E-state index in [0.29, 0.717) is 6.10 Å². The lowest BCUT2D eigenvalue weighted by molar-refractivity contribution is 0.0258. The van der Waals surface area contributed by atoms with Crippen LogP contribution in [0.15, 0.2) is 22.7 Å². The molecule has 2 rings (SSSR count). The predicted octanol–water partition coefficient (Wildman–Crippen LogP) is 2.55. The average Bonchev–Trinajstić information content (AvgIpc) is 2.33. The predicted molar refractivity (Wildman–Crippen MR) is 74.6 cm³/mol. The molecule has 0 bridgehead atoms. The summed E-state index contributed by atoms with van der Waals surface area (Å²) < 4.78 is 6.78. The van der Waals surface area contributed by atoms with Crippen molar-refractivity contribution < 1.29 is 4.74 Å². The molecular formula is C13H19BrN2O. The van der Waals surface area contributed by atoms with E-state index in [1.165, 1.54) is 5.56 Å². The van der Waals surface area contributed by atoms with Gasteiger partial charge in [-0.25, -0.2) is 0 Å². The van der Waals surface area contributed by atoms with E-state index in [2.05, 4.69) is 51.7 Å². The first-order chi connectivity index (χ1) is 8.25. The van der Waals surface area contributed by atoms with Crippen LogP contribution in [0.25, 0.3) is 0 Å². The zero-order valence-electron chi connectivity index (χ0n) is 10.1. The Labute approximate surface area is 111 Å². The summed E-state index contributed by atoms with van der Waals surface area (Å²) in [6.45, 7) is 5.81. The average molecular weight is 299 g/mol. The van der Waals surface area contributed by atoms with Crippen LogP contribution >= 0.6 is 15.9 Å². The smallest absolute Gasteiger partial charge is 0.0716 e. The molecule has 1 aromatic carbocycles. The third-order valence-electron chi connectivity index (χ3n) is 2.91. The van der Waals surface area contributed by atoms with Gasteiger partial charge in [0.05, 0.1) is 12.7 Å². The Morgan fingerprint density at radius 3 is 3.12 bits per heavy atom. The molecule has 1 aliphatic rings. The molecule has 1 unspecified atom stereocenters. The van der Waals surface area contributed by atoms with E-state index in [1.54, 1.807) is 0 Å². The molecule has 1 fully saturated rings. The van der Waals surface area contributed by atoms with Crippen LogP contribution in [0.4, 0.5) is 5.69 Å². The van der Waals surface area contributed by atoms with E-state index >= 15 is 0 Å². The van der Waals surface area contributed by atoms with Crippen molar-refractivity contribution >= 4 is 21.6 Å². The van der Waals surface area contributed by atoms with E-state index < -0.39 is 0 Å². The summed E-state index contributed by atoms with van der Waals surface area (Å²) in [7, 11) is 0. The highest BCUT2D eigenvalue weighted by Gasteiger charge is 2.12. The molecule has 0 aliphatic carbocycles. The quantitative estimate of drug-likeness (QED) is 0.896. The Morgan fingerprint density at radius 2 is 2.41 bits per heavy atom. The van der Waals surface area contributed by atoms with Gasteiger partial charge in [0.1, 0.15) is 0 Å². The standard InChI is InChI=1S/C13H19BrN2O/c1-10-2-3-13(12(14)8-10)16-5-4-11-9-15-6-7-17-11/h2-3,8,11,15-16H,4-7,9H2,1H3. The Morgan fingerprint density at radius 1 is 1.53 bits per heavy atom. The van der Waals surface area contributed by atoms with Gasteiger partial charge < -0.3 is 15.4 Å². The number of aryl methyl sites for hydroxylation is 1. The molecule has 3 nitrogen and oxygen atoms in total. The van der Waals surface area contributed by atoms with Gasteiger partial charge in [0.15, 0.2) is 0 Å². The van der Waals surface area contributed by atoms with Crippen LogP contribution in [0.3, 0.4) is 0 Å². The number of halogens is 1. The lowest BCUT2D eigenvalue weighted by Gasteiger charge is -2.23. The van der Waals surface area contributed by atoms with Gasteiger partial charge >= 0.3 is 0 Å². The second kappa shape index (κ2) is 6.38. The molecule has 4 heteroatoms. The molecule has 0 aromatic heterocycles. The lowest BCUT2D eigenvalue weighted by Crippen LogP contribution is -2.39. The minimum atomic E-state index is 0.348. The van der Waals surface area contributed by atoms with Crippen LogP contribution in [0.5, 0.6) is 0 Å². The molecule has 2 N–H and O–H groups in total. The summed E-state index contributed by atoms with van der Waals surface area (Å²) in [5, 5.41) is 6.77. The first-order valence-electron chi connectivity index (χ1n) is 6.08. The summed E-state index contributed by atoms with van der Waals surface area (Å²) in [5.74, 6) is 0. The maximum atomic E-state index is 5.65. The molecule has 1 aliphatic heterocycles. The van der Waals surface area contributed by atoms with Gasteiger partial charge in [-0.3, -0.25) is 0 Å². The third kappa shape index (κ3) is 3.98. The summed E-state index contributed by atoms with van der Waals surface area (Å²) >= 11 is 3.57. The van der Waals surface area contributed by atoms with Crippen LogP contribution < -0.4 is 10.6 Å². The number of ether oxygens (including phenoxy) is 1. The van der Waals surface area contributed by atoms with Crippen LogP contribution in [-0.4, -0.2) is 32.3 Å². The molecule has 17 heavy (non-hydrogen) atoms. The number of rotatable bonds is 4. The highest BCUT2D eigenvalue weighted by molar-refractivity contribution is 9.10. The normalized spacial score (nSPS) is 20.2. The molecule has 0 saturated carbocycles. The van der Waals surface area contributed by atoms with Crippen LogP contribution in [0.1, 0.15) is 12.0 Å². The van der Waals surface area contributed by atoms with Crippen molar-refractivity contribution in [2.45, 2.75) is 19.4 Å². The fourth-order valence-corrected chi connectivity index (χ4v) is 2.57. The van der Waals surface area contributed by atoms with Gasteiger partial charge in [-0.05, 0) is 47.0 Å². The van der Waals surface area contributed by atoms with Gasteiger partial charge in [-0.15, -0.1) is 0 Å². The Bertz CT molecular complexity index is 364. The van der Waals surface area contributed by atoms with E-state index in [4.69, 9.17) is 4.74 Å². The Hall–Kier alpha value is -0.580. The maximum Gasteiger partial charge on any atom is 0.0716 e. The van der Waals surface area contributed by atoms with E-state index in [0.717, 1.165) is 42.8 Å². The molecule has 0 radical (unpaired) electrons. The van der Waals surface area contributed by atoms with Crippen molar-refractivity contribution in [1.29, 1.82) is 0 Å². The fourth-order valence-electron chi connectivity index (χ4n) is 1.94. The second-order valence-electron chi connectivity index (χ2n) is 4.40. The maximum absolute atomic E-state index is 5.65. The summed E-state index contributed by atoms with van der Waals surface area (Å²) in [5.41, 5.74) is 2.42. The van der Waals surface area contributed by atoms with Crippen LogP contribution in [0, 0.1) is 6.92 Å².